The van der Waals surface area contributed by atoms with E-state index in [4.69, 9.17) is 4.74 Å². The number of likely N-dealkylation sites (tertiary alicyclic amines) is 1. The van der Waals surface area contributed by atoms with Gasteiger partial charge in [-0.1, -0.05) is 12.1 Å². The van der Waals surface area contributed by atoms with Crippen molar-refractivity contribution >= 4 is 5.96 Å². The van der Waals surface area contributed by atoms with Crippen molar-refractivity contribution in [1.82, 2.24) is 25.0 Å². The molecule has 1 aromatic heterocycles. The Hall–Kier alpha value is -2.41. The van der Waals surface area contributed by atoms with E-state index in [1.807, 2.05) is 19.2 Å². The summed E-state index contributed by atoms with van der Waals surface area (Å²) in [5.41, 5.74) is 2.53. The monoisotopic (exact) mass is 340 g/mol. The van der Waals surface area contributed by atoms with Gasteiger partial charge in [-0.05, 0) is 30.5 Å². The standard InChI is InChI=1S/C18H24N6O/c1-19-17(23-7-5-18(11-23)6-8-25-12-18)21-10-15-3-2-4-16(9-15)24-14-20-13-22-24/h2-4,9,13-14H,5-8,10-12H2,1H3,(H,19,21). The number of rotatable bonds is 3. The maximum absolute atomic E-state index is 5.62. The van der Waals surface area contributed by atoms with Crippen molar-refractivity contribution in [3.05, 3.63) is 42.5 Å². The Bertz CT molecular complexity index is 736. The zero-order valence-corrected chi connectivity index (χ0v) is 14.6. The summed E-state index contributed by atoms with van der Waals surface area (Å²) in [4.78, 5) is 10.8. The molecule has 0 saturated carbocycles. The molecular weight excluding hydrogens is 316 g/mol. The second-order valence-electron chi connectivity index (χ2n) is 6.88. The zero-order chi connectivity index (χ0) is 17.1. The summed E-state index contributed by atoms with van der Waals surface area (Å²) in [5, 5.41) is 7.68. The fraction of sp³-hybridized carbons (Fsp3) is 0.500. The van der Waals surface area contributed by atoms with Crippen LogP contribution in [0.25, 0.3) is 5.69 Å². The first-order valence-corrected chi connectivity index (χ1v) is 8.75. The predicted octanol–water partition coefficient (Wildman–Crippen LogP) is 1.46. The van der Waals surface area contributed by atoms with Crippen molar-refractivity contribution < 1.29 is 4.74 Å². The highest BCUT2D eigenvalue weighted by atomic mass is 16.5. The minimum Gasteiger partial charge on any atom is -0.381 e. The molecule has 4 rings (SSSR count). The lowest BCUT2D eigenvalue weighted by Crippen LogP contribution is -2.41. The zero-order valence-electron chi connectivity index (χ0n) is 14.6. The van der Waals surface area contributed by atoms with Gasteiger partial charge in [0.2, 0.25) is 0 Å². The molecule has 7 nitrogen and oxygen atoms in total. The predicted molar refractivity (Wildman–Crippen MR) is 95.6 cm³/mol. The number of hydrogen-bond donors (Lipinski definition) is 1. The highest BCUT2D eigenvalue weighted by Crippen LogP contribution is 2.38. The molecule has 0 radical (unpaired) electrons. The molecule has 0 aliphatic carbocycles. The van der Waals surface area contributed by atoms with E-state index in [1.54, 1.807) is 17.3 Å². The summed E-state index contributed by atoms with van der Waals surface area (Å²) >= 11 is 0. The molecule has 1 aromatic carbocycles. The van der Waals surface area contributed by atoms with Gasteiger partial charge >= 0.3 is 0 Å². The van der Waals surface area contributed by atoms with Gasteiger partial charge in [0.05, 0.1) is 12.3 Å². The molecule has 7 heteroatoms. The lowest BCUT2D eigenvalue weighted by atomic mass is 9.87. The van der Waals surface area contributed by atoms with Gasteiger partial charge in [-0.15, -0.1) is 0 Å². The van der Waals surface area contributed by atoms with E-state index < -0.39 is 0 Å². The average Bonchev–Trinajstić information content (AvgIpc) is 3.40. The van der Waals surface area contributed by atoms with Crippen molar-refractivity contribution in [3.63, 3.8) is 0 Å². The number of aliphatic imine (C=N–C) groups is 1. The second-order valence-corrected chi connectivity index (χ2v) is 6.88. The molecule has 2 fully saturated rings. The summed E-state index contributed by atoms with van der Waals surface area (Å²) in [7, 11) is 1.85. The molecule has 25 heavy (non-hydrogen) atoms. The number of nitrogens with zero attached hydrogens (tertiary/aromatic N) is 5. The topological polar surface area (TPSA) is 67.6 Å². The van der Waals surface area contributed by atoms with E-state index in [1.165, 1.54) is 18.4 Å². The molecular formula is C18H24N6O. The summed E-state index contributed by atoms with van der Waals surface area (Å²) in [6, 6.07) is 8.29. The van der Waals surface area contributed by atoms with E-state index in [0.717, 1.165) is 44.5 Å². The summed E-state index contributed by atoms with van der Waals surface area (Å²) < 4.78 is 7.39. The van der Waals surface area contributed by atoms with Crippen LogP contribution >= 0.6 is 0 Å². The van der Waals surface area contributed by atoms with Crippen LogP contribution in [0.3, 0.4) is 0 Å². The normalized spacial score (nSPS) is 23.6. The molecule has 3 heterocycles. The molecule has 2 aromatic rings. The van der Waals surface area contributed by atoms with Crippen LogP contribution < -0.4 is 5.32 Å². The van der Waals surface area contributed by atoms with Crippen molar-refractivity contribution in [2.75, 3.05) is 33.4 Å². The Labute approximate surface area is 147 Å². The summed E-state index contributed by atoms with van der Waals surface area (Å²) in [6.07, 6.45) is 5.61. The van der Waals surface area contributed by atoms with Gasteiger partial charge in [0.15, 0.2) is 5.96 Å². The fourth-order valence-corrected chi connectivity index (χ4v) is 3.75. The van der Waals surface area contributed by atoms with Gasteiger partial charge in [0.25, 0.3) is 0 Å². The number of ether oxygens (including phenoxy) is 1. The SMILES string of the molecule is CN=C(NCc1cccc(-n2cncn2)c1)N1CCC2(CCOC2)C1. The van der Waals surface area contributed by atoms with Crippen LogP contribution in [0, 0.1) is 5.41 Å². The lowest BCUT2D eigenvalue weighted by molar-refractivity contribution is 0.156. The van der Waals surface area contributed by atoms with Crippen molar-refractivity contribution in [2.45, 2.75) is 19.4 Å². The van der Waals surface area contributed by atoms with Gasteiger partial charge < -0.3 is 15.0 Å². The average molecular weight is 340 g/mol. The quantitative estimate of drug-likeness (QED) is 0.677. The number of benzene rings is 1. The molecule has 0 bridgehead atoms. The minimum absolute atomic E-state index is 0.338. The third-order valence-corrected chi connectivity index (χ3v) is 5.18. The van der Waals surface area contributed by atoms with Gasteiger partial charge in [0.1, 0.15) is 12.7 Å². The Kier molecular flexibility index (Phi) is 4.40. The van der Waals surface area contributed by atoms with E-state index in [0.29, 0.717) is 5.41 Å². The highest BCUT2D eigenvalue weighted by molar-refractivity contribution is 5.80. The van der Waals surface area contributed by atoms with E-state index >= 15 is 0 Å². The van der Waals surface area contributed by atoms with Crippen LogP contribution in [-0.4, -0.2) is 59.0 Å². The minimum atomic E-state index is 0.338. The summed E-state index contributed by atoms with van der Waals surface area (Å²) in [6.45, 7) is 4.60. The number of hydrogen-bond acceptors (Lipinski definition) is 4. The molecule has 2 aliphatic rings. The first-order valence-electron chi connectivity index (χ1n) is 8.75. The van der Waals surface area contributed by atoms with Gasteiger partial charge in [-0.3, -0.25) is 4.99 Å². The van der Waals surface area contributed by atoms with Gasteiger partial charge in [0, 0.05) is 38.7 Å². The van der Waals surface area contributed by atoms with E-state index in [9.17, 15) is 0 Å². The molecule has 1 N–H and O–H groups in total. The fourth-order valence-electron chi connectivity index (χ4n) is 3.75. The maximum Gasteiger partial charge on any atom is 0.193 e. The first kappa shape index (κ1) is 16.1. The number of nitrogens with one attached hydrogen (secondary N) is 1. The lowest BCUT2D eigenvalue weighted by Gasteiger charge is -2.25. The van der Waals surface area contributed by atoms with Crippen molar-refractivity contribution in [1.29, 1.82) is 0 Å². The Morgan fingerprint density at radius 3 is 3.12 bits per heavy atom. The molecule has 2 saturated heterocycles. The van der Waals surface area contributed by atoms with Gasteiger partial charge in [-0.2, -0.15) is 5.10 Å². The molecule has 1 spiro atoms. The third-order valence-electron chi connectivity index (χ3n) is 5.18. The van der Waals surface area contributed by atoms with Crippen LogP contribution in [0.15, 0.2) is 41.9 Å². The molecule has 2 aliphatic heterocycles. The van der Waals surface area contributed by atoms with Crippen LogP contribution in [0.4, 0.5) is 0 Å². The Balaban J connectivity index is 1.39. The number of guanidine groups is 1. The van der Waals surface area contributed by atoms with Crippen molar-refractivity contribution in [3.8, 4) is 5.69 Å². The first-order chi connectivity index (χ1) is 12.3. The smallest absolute Gasteiger partial charge is 0.193 e. The van der Waals surface area contributed by atoms with Crippen LogP contribution in [0.2, 0.25) is 0 Å². The largest absolute Gasteiger partial charge is 0.381 e. The maximum atomic E-state index is 5.62. The molecule has 132 valence electrons. The van der Waals surface area contributed by atoms with Crippen LogP contribution in [-0.2, 0) is 11.3 Å². The molecule has 1 atom stereocenters. The third kappa shape index (κ3) is 3.37. The summed E-state index contributed by atoms with van der Waals surface area (Å²) in [5.74, 6) is 0.968. The Morgan fingerprint density at radius 2 is 2.36 bits per heavy atom. The second kappa shape index (κ2) is 6.84. The van der Waals surface area contributed by atoms with Gasteiger partial charge in [-0.25, -0.2) is 9.67 Å². The van der Waals surface area contributed by atoms with Crippen LogP contribution in [0.5, 0.6) is 0 Å². The molecule has 0 amide bonds. The van der Waals surface area contributed by atoms with E-state index in [2.05, 4.69) is 37.4 Å². The highest BCUT2D eigenvalue weighted by Gasteiger charge is 2.42. The number of aromatic nitrogens is 3. The van der Waals surface area contributed by atoms with Crippen LogP contribution in [0.1, 0.15) is 18.4 Å². The Morgan fingerprint density at radius 1 is 1.40 bits per heavy atom. The van der Waals surface area contributed by atoms with Crippen molar-refractivity contribution in [2.24, 2.45) is 10.4 Å². The molecule has 1 unspecified atom stereocenters. The van der Waals surface area contributed by atoms with E-state index in [-0.39, 0.29) is 0 Å².